The first kappa shape index (κ1) is 22.6. The summed E-state index contributed by atoms with van der Waals surface area (Å²) in [7, 11) is 1.51. The molecular weight excluding hydrogens is 372 g/mol. The maximum Gasteiger partial charge on any atom is 0.305 e. The van der Waals surface area contributed by atoms with Crippen molar-refractivity contribution in [3.05, 3.63) is 0 Å². The molecule has 3 nitrogen and oxygen atoms in total. The van der Waals surface area contributed by atoms with Gasteiger partial charge in [-0.1, -0.05) is 34.6 Å². The fourth-order valence-corrected chi connectivity index (χ4v) is 9.57. The van der Waals surface area contributed by atoms with Gasteiger partial charge >= 0.3 is 5.97 Å². The van der Waals surface area contributed by atoms with Crippen LogP contribution in [0.3, 0.4) is 0 Å². The Balaban J connectivity index is 1.58. The van der Waals surface area contributed by atoms with Gasteiger partial charge in [-0.05, 0) is 110 Å². The van der Waals surface area contributed by atoms with Crippen LogP contribution in [0.2, 0.25) is 0 Å². The van der Waals surface area contributed by atoms with E-state index in [1.54, 1.807) is 0 Å². The first-order valence-electron chi connectivity index (χ1n) is 12.9. The summed E-state index contributed by atoms with van der Waals surface area (Å²) in [5.41, 5.74) is 0.836. The van der Waals surface area contributed by atoms with Gasteiger partial charge in [0.05, 0.1) is 13.2 Å². The summed E-state index contributed by atoms with van der Waals surface area (Å²) in [6, 6.07) is 0. The van der Waals surface area contributed by atoms with Gasteiger partial charge in [0.2, 0.25) is 0 Å². The molecule has 7 unspecified atom stereocenters. The smallest absolute Gasteiger partial charge is 0.305 e. The van der Waals surface area contributed by atoms with Crippen molar-refractivity contribution in [1.82, 2.24) is 0 Å². The maximum atomic E-state index is 11.7. The standard InChI is InChI=1S/C27H46O3/c1-16(7-10-24(29)30-6)21-8-9-22-25-17(2)13-19-15-20(28)11-12-26(19,4)23(25)14-18(3)27(21,22)5/h16-23,25,28H,7-15H2,1-6H3/t16?,17?,18-,19?,20?,21+,22?,23?,25?,26-,27+/m0/s1. The molecule has 4 aliphatic carbocycles. The average Bonchev–Trinajstić information content (AvgIpc) is 3.06. The third-order valence-electron chi connectivity index (χ3n) is 11.4. The number of hydrogen-bond donors (Lipinski definition) is 1. The molecule has 30 heavy (non-hydrogen) atoms. The van der Waals surface area contributed by atoms with Gasteiger partial charge in [0.1, 0.15) is 0 Å². The van der Waals surface area contributed by atoms with Gasteiger partial charge in [-0.3, -0.25) is 4.79 Å². The number of aliphatic hydroxyl groups excluding tert-OH is 1. The Labute approximate surface area is 184 Å². The zero-order valence-corrected chi connectivity index (χ0v) is 20.3. The van der Waals surface area contributed by atoms with Crippen LogP contribution in [-0.2, 0) is 9.53 Å². The van der Waals surface area contributed by atoms with Crippen molar-refractivity contribution in [1.29, 1.82) is 0 Å². The maximum absolute atomic E-state index is 11.7. The quantitative estimate of drug-likeness (QED) is 0.562. The number of carbonyl (C=O) groups is 1. The molecule has 3 heteroatoms. The lowest BCUT2D eigenvalue weighted by molar-refractivity contribution is -0.168. The van der Waals surface area contributed by atoms with E-state index in [-0.39, 0.29) is 12.1 Å². The molecule has 11 atom stereocenters. The van der Waals surface area contributed by atoms with E-state index in [2.05, 4.69) is 34.6 Å². The van der Waals surface area contributed by atoms with Crippen molar-refractivity contribution in [2.75, 3.05) is 7.11 Å². The van der Waals surface area contributed by atoms with E-state index in [0.29, 0.717) is 29.1 Å². The molecule has 0 bridgehead atoms. The Hall–Kier alpha value is -0.570. The SMILES string of the molecule is COC(=O)CCC(C)[C@H]1CCC2C3C(C)CC4CC(O)CC[C@]4(C)C3C[C@H](C)[C@@]21C. The lowest BCUT2D eigenvalue weighted by atomic mass is 9.40. The zero-order chi connectivity index (χ0) is 21.8. The lowest BCUT2D eigenvalue weighted by Gasteiger charge is -2.64. The normalized spacial score (nSPS) is 51.4. The highest BCUT2D eigenvalue weighted by Gasteiger charge is 2.64. The number of rotatable bonds is 4. The Morgan fingerprint density at radius 1 is 1.10 bits per heavy atom. The highest BCUT2D eigenvalue weighted by molar-refractivity contribution is 5.69. The second kappa shape index (κ2) is 8.09. The molecule has 1 N–H and O–H groups in total. The molecule has 172 valence electrons. The minimum atomic E-state index is -0.0652. The van der Waals surface area contributed by atoms with Crippen LogP contribution in [-0.4, -0.2) is 24.3 Å². The first-order valence-corrected chi connectivity index (χ1v) is 12.9. The van der Waals surface area contributed by atoms with Crippen LogP contribution in [0.25, 0.3) is 0 Å². The van der Waals surface area contributed by atoms with E-state index in [4.69, 9.17) is 4.74 Å². The van der Waals surface area contributed by atoms with Crippen molar-refractivity contribution in [3.8, 4) is 0 Å². The van der Waals surface area contributed by atoms with Gasteiger partial charge in [-0.15, -0.1) is 0 Å². The molecule has 4 fully saturated rings. The fraction of sp³-hybridized carbons (Fsp3) is 0.963. The van der Waals surface area contributed by atoms with Crippen LogP contribution in [0.4, 0.5) is 0 Å². The van der Waals surface area contributed by atoms with Crippen LogP contribution < -0.4 is 0 Å². The molecule has 0 aromatic carbocycles. The van der Waals surface area contributed by atoms with E-state index in [1.807, 2.05) is 0 Å². The molecule has 0 heterocycles. The molecule has 0 saturated heterocycles. The van der Waals surface area contributed by atoms with Gasteiger partial charge in [0.15, 0.2) is 0 Å². The number of hydrogen-bond acceptors (Lipinski definition) is 3. The summed E-state index contributed by atoms with van der Waals surface area (Å²) in [4.78, 5) is 11.7. The van der Waals surface area contributed by atoms with Gasteiger partial charge in [-0.2, -0.15) is 0 Å². The number of ether oxygens (including phenoxy) is 1. The monoisotopic (exact) mass is 418 g/mol. The molecule has 4 aliphatic rings. The lowest BCUT2D eigenvalue weighted by Crippen LogP contribution is -2.58. The number of esters is 1. The molecule has 4 rings (SSSR count). The van der Waals surface area contributed by atoms with Crippen LogP contribution in [0.15, 0.2) is 0 Å². The Morgan fingerprint density at radius 3 is 2.53 bits per heavy atom. The number of aliphatic hydroxyl groups is 1. The Kier molecular flexibility index (Phi) is 6.10. The van der Waals surface area contributed by atoms with Crippen LogP contribution in [0.1, 0.15) is 92.4 Å². The van der Waals surface area contributed by atoms with Crippen molar-refractivity contribution >= 4 is 5.97 Å². The van der Waals surface area contributed by atoms with E-state index < -0.39 is 0 Å². The second-order valence-corrected chi connectivity index (χ2v) is 12.4. The van der Waals surface area contributed by atoms with Crippen LogP contribution >= 0.6 is 0 Å². The topological polar surface area (TPSA) is 46.5 Å². The first-order chi connectivity index (χ1) is 14.1. The van der Waals surface area contributed by atoms with Crippen molar-refractivity contribution in [2.45, 2.75) is 98.5 Å². The van der Waals surface area contributed by atoms with E-state index in [1.165, 1.54) is 39.2 Å². The van der Waals surface area contributed by atoms with E-state index in [0.717, 1.165) is 54.8 Å². The predicted molar refractivity (Wildman–Crippen MR) is 121 cm³/mol. The van der Waals surface area contributed by atoms with Crippen molar-refractivity contribution < 1.29 is 14.6 Å². The highest BCUT2D eigenvalue weighted by Crippen LogP contribution is 2.70. The van der Waals surface area contributed by atoms with Crippen molar-refractivity contribution in [3.63, 3.8) is 0 Å². The molecule has 0 amide bonds. The fourth-order valence-electron chi connectivity index (χ4n) is 9.57. The highest BCUT2D eigenvalue weighted by atomic mass is 16.5. The Morgan fingerprint density at radius 2 is 1.83 bits per heavy atom. The molecule has 0 spiro atoms. The molecular formula is C27H46O3. The molecule has 0 aromatic heterocycles. The summed E-state index contributed by atoms with van der Waals surface area (Å²) < 4.78 is 4.91. The third kappa shape index (κ3) is 3.37. The summed E-state index contributed by atoms with van der Waals surface area (Å²) in [5.74, 6) is 6.00. The predicted octanol–water partition coefficient (Wildman–Crippen LogP) is 6.09. The van der Waals surface area contributed by atoms with E-state index in [9.17, 15) is 9.90 Å². The average molecular weight is 419 g/mol. The second-order valence-electron chi connectivity index (χ2n) is 12.4. The Bertz CT molecular complexity index is 646. The molecule has 0 radical (unpaired) electrons. The van der Waals surface area contributed by atoms with E-state index >= 15 is 0 Å². The zero-order valence-electron chi connectivity index (χ0n) is 20.3. The summed E-state index contributed by atoms with van der Waals surface area (Å²) >= 11 is 0. The van der Waals surface area contributed by atoms with Gasteiger partial charge < -0.3 is 9.84 Å². The number of methoxy groups -OCH3 is 1. The van der Waals surface area contributed by atoms with Crippen LogP contribution in [0.5, 0.6) is 0 Å². The number of carbonyl (C=O) groups excluding carboxylic acids is 1. The molecule has 4 saturated carbocycles. The minimum Gasteiger partial charge on any atom is -0.469 e. The summed E-state index contributed by atoms with van der Waals surface area (Å²) in [6.07, 6.45) is 10.1. The molecule has 0 aromatic rings. The van der Waals surface area contributed by atoms with Gasteiger partial charge in [-0.25, -0.2) is 0 Å². The van der Waals surface area contributed by atoms with Gasteiger partial charge in [0, 0.05) is 6.42 Å². The largest absolute Gasteiger partial charge is 0.469 e. The summed E-state index contributed by atoms with van der Waals surface area (Å²) in [6.45, 7) is 12.7. The minimum absolute atomic E-state index is 0.0577. The third-order valence-corrected chi connectivity index (χ3v) is 11.4. The summed E-state index contributed by atoms with van der Waals surface area (Å²) in [5, 5.41) is 10.4. The van der Waals surface area contributed by atoms with Crippen molar-refractivity contribution in [2.24, 2.45) is 58.2 Å². The number of fused-ring (bicyclic) bond motifs is 5. The van der Waals surface area contributed by atoms with Gasteiger partial charge in [0.25, 0.3) is 0 Å². The molecule has 0 aliphatic heterocycles. The van der Waals surface area contributed by atoms with Crippen LogP contribution in [0, 0.1) is 58.2 Å².